The number of nitrogens with zero attached hydrogens (tertiary/aromatic N) is 2. The van der Waals surface area contributed by atoms with Gasteiger partial charge in [-0.2, -0.15) is 5.10 Å². The minimum absolute atomic E-state index is 0.00653. The summed E-state index contributed by atoms with van der Waals surface area (Å²) in [6.45, 7) is 0. The summed E-state index contributed by atoms with van der Waals surface area (Å²) in [4.78, 5) is 4.10. The number of amidine groups is 2. The normalized spacial score (nSPS) is 11.8. The summed E-state index contributed by atoms with van der Waals surface area (Å²) in [6.07, 6.45) is 1.49. The van der Waals surface area contributed by atoms with Crippen LogP contribution >= 0.6 is 0 Å². The molecule has 0 spiro atoms. The number of hydrogen-bond acceptors (Lipinski definition) is 3. The van der Waals surface area contributed by atoms with Gasteiger partial charge in [-0.1, -0.05) is 0 Å². The van der Waals surface area contributed by atoms with Gasteiger partial charge in [-0.15, -0.1) is 0 Å². The number of benzene rings is 2. The van der Waals surface area contributed by atoms with Crippen LogP contribution in [0.15, 0.2) is 70.3 Å². The molecule has 0 bridgehead atoms. The summed E-state index contributed by atoms with van der Waals surface area (Å²) >= 11 is 0. The SMILES string of the molecule is N=C(N=C(N)c1ccco1)c1ccc2[nH]nc(-c3ccc(F)cc3)c2c1. The van der Waals surface area contributed by atoms with Crippen molar-refractivity contribution < 1.29 is 8.81 Å². The lowest BCUT2D eigenvalue weighted by atomic mass is 10.1. The topological polar surface area (TPSA) is 104 Å². The second-order valence-electron chi connectivity index (χ2n) is 5.66. The molecule has 0 radical (unpaired) electrons. The average Bonchev–Trinajstić information content (AvgIpc) is 3.32. The molecule has 4 N–H and O–H groups in total. The van der Waals surface area contributed by atoms with Crippen LogP contribution in [-0.4, -0.2) is 21.9 Å². The van der Waals surface area contributed by atoms with Crippen LogP contribution in [0.25, 0.3) is 22.2 Å². The third-order valence-electron chi connectivity index (χ3n) is 3.96. The van der Waals surface area contributed by atoms with E-state index in [4.69, 9.17) is 15.6 Å². The molecule has 7 heteroatoms. The molecule has 0 amide bonds. The number of nitrogens with one attached hydrogen (secondary N) is 2. The van der Waals surface area contributed by atoms with Crippen LogP contribution in [0.3, 0.4) is 0 Å². The van der Waals surface area contributed by atoms with Gasteiger partial charge in [0.15, 0.2) is 17.4 Å². The van der Waals surface area contributed by atoms with Gasteiger partial charge in [0.05, 0.1) is 17.5 Å². The number of furan rings is 1. The number of aromatic nitrogens is 2. The molecule has 0 atom stereocenters. The second-order valence-corrected chi connectivity index (χ2v) is 5.66. The van der Waals surface area contributed by atoms with E-state index in [0.717, 1.165) is 16.5 Å². The molecule has 2 aromatic carbocycles. The van der Waals surface area contributed by atoms with Crippen LogP contribution in [0.4, 0.5) is 4.39 Å². The Balaban J connectivity index is 1.73. The molecule has 0 aliphatic heterocycles. The highest BCUT2D eigenvalue weighted by atomic mass is 19.1. The minimum Gasteiger partial charge on any atom is -0.461 e. The number of rotatable bonds is 3. The zero-order chi connectivity index (χ0) is 18.1. The van der Waals surface area contributed by atoms with Crippen molar-refractivity contribution in [2.75, 3.05) is 0 Å². The number of hydrogen-bond donors (Lipinski definition) is 3. The van der Waals surface area contributed by atoms with Crippen molar-refractivity contribution in [3.8, 4) is 11.3 Å². The van der Waals surface area contributed by atoms with Gasteiger partial charge in [-0.25, -0.2) is 9.38 Å². The summed E-state index contributed by atoms with van der Waals surface area (Å²) in [5.74, 6) is 0.239. The molecule has 6 nitrogen and oxygen atoms in total. The lowest BCUT2D eigenvalue weighted by Gasteiger charge is -2.02. The van der Waals surface area contributed by atoms with E-state index >= 15 is 0 Å². The number of aliphatic imine (C=N–C) groups is 1. The Morgan fingerprint density at radius 2 is 1.96 bits per heavy atom. The Labute approximate surface area is 147 Å². The third kappa shape index (κ3) is 2.86. The highest BCUT2D eigenvalue weighted by molar-refractivity contribution is 6.10. The van der Waals surface area contributed by atoms with Gasteiger partial charge in [-0.3, -0.25) is 10.5 Å². The first-order chi connectivity index (χ1) is 12.6. The van der Waals surface area contributed by atoms with Crippen LogP contribution in [-0.2, 0) is 0 Å². The second kappa shape index (κ2) is 6.29. The standard InChI is InChI=1S/C19H14FN5O/c20-13-6-3-11(4-7-13)17-14-10-12(5-8-15(14)24-25-17)18(21)23-19(22)16-2-1-9-26-16/h1-10H,(H,24,25)(H3,21,22,23). The molecule has 26 heavy (non-hydrogen) atoms. The molecule has 0 saturated carbocycles. The minimum atomic E-state index is -0.307. The van der Waals surface area contributed by atoms with Gasteiger partial charge in [0.2, 0.25) is 0 Å². The van der Waals surface area contributed by atoms with Gasteiger partial charge in [0.1, 0.15) is 5.82 Å². The van der Waals surface area contributed by atoms with E-state index < -0.39 is 0 Å². The predicted molar refractivity (Wildman–Crippen MR) is 97.7 cm³/mol. The van der Waals surface area contributed by atoms with Crippen molar-refractivity contribution in [3.05, 3.63) is 78.0 Å². The first-order valence-electron chi connectivity index (χ1n) is 7.83. The smallest absolute Gasteiger partial charge is 0.169 e. The molecule has 2 heterocycles. The monoisotopic (exact) mass is 347 g/mol. The van der Waals surface area contributed by atoms with Crippen molar-refractivity contribution in [3.63, 3.8) is 0 Å². The van der Waals surface area contributed by atoms with E-state index in [1.165, 1.54) is 18.4 Å². The number of nitrogens with two attached hydrogens (primary N) is 1. The van der Waals surface area contributed by atoms with Crippen molar-refractivity contribution in [1.82, 2.24) is 10.2 Å². The summed E-state index contributed by atoms with van der Waals surface area (Å²) in [5.41, 5.74) is 8.71. The van der Waals surface area contributed by atoms with E-state index in [0.29, 0.717) is 17.0 Å². The van der Waals surface area contributed by atoms with Crippen LogP contribution in [0.1, 0.15) is 11.3 Å². The quantitative estimate of drug-likeness (QED) is 0.389. The molecule has 2 aromatic heterocycles. The Morgan fingerprint density at radius 3 is 2.69 bits per heavy atom. The van der Waals surface area contributed by atoms with Gasteiger partial charge in [0, 0.05) is 16.5 Å². The van der Waals surface area contributed by atoms with Crippen molar-refractivity contribution in [1.29, 1.82) is 5.41 Å². The van der Waals surface area contributed by atoms with Gasteiger partial charge >= 0.3 is 0 Å². The Bertz CT molecular complexity index is 1110. The maximum absolute atomic E-state index is 13.2. The van der Waals surface area contributed by atoms with Crippen LogP contribution < -0.4 is 5.73 Å². The number of halogens is 1. The fraction of sp³-hybridized carbons (Fsp3) is 0. The summed E-state index contributed by atoms with van der Waals surface area (Å²) in [6, 6.07) is 14.9. The highest BCUT2D eigenvalue weighted by Crippen LogP contribution is 2.27. The summed E-state index contributed by atoms with van der Waals surface area (Å²) < 4.78 is 18.3. The molecular weight excluding hydrogens is 333 g/mol. The van der Waals surface area contributed by atoms with Crippen molar-refractivity contribution >= 4 is 22.6 Å². The molecule has 0 aliphatic rings. The number of H-pyrrole nitrogens is 1. The molecule has 0 unspecified atom stereocenters. The molecule has 0 saturated heterocycles. The first kappa shape index (κ1) is 15.8. The average molecular weight is 347 g/mol. The Morgan fingerprint density at radius 1 is 1.15 bits per heavy atom. The maximum Gasteiger partial charge on any atom is 0.169 e. The Hall–Kier alpha value is -3.74. The van der Waals surface area contributed by atoms with Crippen LogP contribution in [0.2, 0.25) is 0 Å². The Kier molecular flexibility index (Phi) is 3.81. The molecule has 128 valence electrons. The third-order valence-corrected chi connectivity index (χ3v) is 3.96. The van der Waals surface area contributed by atoms with E-state index in [2.05, 4.69) is 15.2 Å². The zero-order valence-corrected chi connectivity index (χ0v) is 13.5. The lowest BCUT2D eigenvalue weighted by molar-refractivity contribution is 0.557. The fourth-order valence-electron chi connectivity index (χ4n) is 2.65. The maximum atomic E-state index is 13.2. The molecule has 0 aliphatic carbocycles. The zero-order valence-electron chi connectivity index (χ0n) is 13.5. The van der Waals surface area contributed by atoms with E-state index in [1.54, 1.807) is 36.4 Å². The van der Waals surface area contributed by atoms with Gasteiger partial charge in [0.25, 0.3) is 0 Å². The largest absolute Gasteiger partial charge is 0.461 e. The van der Waals surface area contributed by atoms with Gasteiger partial charge < -0.3 is 10.2 Å². The van der Waals surface area contributed by atoms with E-state index in [9.17, 15) is 4.39 Å². The number of fused-ring (bicyclic) bond motifs is 1. The summed E-state index contributed by atoms with van der Waals surface area (Å²) in [7, 11) is 0. The molecule has 0 fully saturated rings. The molecule has 4 aromatic rings. The van der Waals surface area contributed by atoms with Crippen molar-refractivity contribution in [2.45, 2.75) is 0 Å². The fourth-order valence-corrected chi connectivity index (χ4v) is 2.65. The van der Waals surface area contributed by atoms with Crippen LogP contribution in [0.5, 0.6) is 0 Å². The predicted octanol–water partition coefficient (Wildman–Crippen LogP) is 3.69. The van der Waals surface area contributed by atoms with Crippen molar-refractivity contribution in [2.24, 2.45) is 10.7 Å². The van der Waals surface area contributed by atoms with Crippen LogP contribution in [0, 0.1) is 11.2 Å². The highest BCUT2D eigenvalue weighted by Gasteiger charge is 2.11. The van der Waals surface area contributed by atoms with Gasteiger partial charge in [-0.05, 0) is 54.6 Å². The van der Waals surface area contributed by atoms with E-state index in [1.807, 2.05) is 6.07 Å². The molecular formula is C19H14FN5O. The van der Waals surface area contributed by atoms with E-state index in [-0.39, 0.29) is 17.5 Å². The molecule has 4 rings (SSSR count). The summed E-state index contributed by atoms with van der Waals surface area (Å²) in [5, 5.41) is 16.3. The first-order valence-corrected chi connectivity index (χ1v) is 7.83. The lowest BCUT2D eigenvalue weighted by Crippen LogP contribution is -2.15. The number of aromatic amines is 1.